The molecule has 0 unspecified atom stereocenters. The zero-order valence-corrected chi connectivity index (χ0v) is 24.1. The van der Waals surface area contributed by atoms with Crippen molar-refractivity contribution in [2.75, 3.05) is 0 Å². The van der Waals surface area contributed by atoms with E-state index in [2.05, 4.69) is 0 Å². The number of rotatable bonds is 4. The van der Waals surface area contributed by atoms with Crippen molar-refractivity contribution in [2.45, 2.75) is 113 Å². The number of aromatic hydroxyl groups is 1. The molecule has 1 aromatic rings. The molecule has 5 aliphatic rings. The van der Waals surface area contributed by atoms with E-state index < -0.39 is 89.4 Å². The first kappa shape index (κ1) is 30.2. The van der Waals surface area contributed by atoms with Crippen LogP contribution < -0.4 is 0 Å². The Morgan fingerprint density at radius 1 is 0.977 bits per heavy atom. The van der Waals surface area contributed by atoms with Crippen molar-refractivity contribution < 1.29 is 58.9 Å². The van der Waals surface area contributed by atoms with E-state index in [1.165, 1.54) is 37.3 Å². The molecule has 43 heavy (non-hydrogen) atoms. The maximum Gasteiger partial charge on any atom is 0.198 e. The van der Waals surface area contributed by atoms with Crippen LogP contribution in [0.1, 0.15) is 73.6 Å². The summed E-state index contributed by atoms with van der Waals surface area (Å²) in [7, 11) is 0. The maximum atomic E-state index is 14.1. The Hall–Kier alpha value is -2.81. The van der Waals surface area contributed by atoms with Crippen molar-refractivity contribution in [1.29, 1.82) is 0 Å². The molecule has 232 valence electrons. The summed E-state index contributed by atoms with van der Waals surface area (Å²) in [5, 5.41) is 53.5. The summed E-state index contributed by atoms with van der Waals surface area (Å²) < 4.78 is 24.2. The molecule has 12 nitrogen and oxygen atoms in total. The summed E-state index contributed by atoms with van der Waals surface area (Å²) in [6.45, 7) is 4.75. The van der Waals surface area contributed by atoms with Gasteiger partial charge in [-0.05, 0) is 39.3 Å². The van der Waals surface area contributed by atoms with Gasteiger partial charge in [-0.15, -0.1) is 0 Å². The number of phenols is 1. The number of ether oxygens (including phenoxy) is 4. The van der Waals surface area contributed by atoms with E-state index >= 15 is 0 Å². The minimum absolute atomic E-state index is 0.0651. The van der Waals surface area contributed by atoms with Gasteiger partial charge in [0.1, 0.15) is 17.5 Å². The molecule has 2 saturated heterocycles. The molecule has 0 bridgehead atoms. The van der Waals surface area contributed by atoms with Gasteiger partial charge in [-0.25, -0.2) is 0 Å². The molecule has 2 heterocycles. The second kappa shape index (κ2) is 10.4. The number of aliphatic hydroxyl groups excluding tert-OH is 2. The van der Waals surface area contributed by atoms with Gasteiger partial charge in [0.25, 0.3) is 0 Å². The molecule has 12 heteroatoms. The third-order valence-corrected chi connectivity index (χ3v) is 9.21. The third kappa shape index (κ3) is 4.72. The maximum absolute atomic E-state index is 14.1. The summed E-state index contributed by atoms with van der Waals surface area (Å²) >= 11 is 0. The van der Waals surface area contributed by atoms with Crippen LogP contribution in [0.25, 0.3) is 0 Å². The van der Waals surface area contributed by atoms with Crippen LogP contribution >= 0.6 is 0 Å². The van der Waals surface area contributed by atoms with Crippen LogP contribution in [0.5, 0.6) is 5.75 Å². The Morgan fingerprint density at radius 3 is 2.40 bits per heavy atom. The van der Waals surface area contributed by atoms with E-state index in [1.54, 1.807) is 13.8 Å². The van der Waals surface area contributed by atoms with Crippen LogP contribution in [-0.4, -0.2) is 103 Å². The molecule has 1 saturated carbocycles. The smallest absolute Gasteiger partial charge is 0.198 e. The van der Waals surface area contributed by atoms with Crippen molar-refractivity contribution in [2.24, 2.45) is 0 Å². The van der Waals surface area contributed by atoms with Gasteiger partial charge in [0.05, 0.1) is 41.2 Å². The van der Waals surface area contributed by atoms with E-state index in [0.29, 0.717) is 6.42 Å². The second-order valence-electron chi connectivity index (χ2n) is 12.6. The molecule has 3 aliphatic carbocycles. The minimum Gasteiger partial charge on any atom is -0.507 e. The van der Waals surface area contributed by atoms with Crippen LogP contribution in [-0.2, 0) is 23.7 Å². The number of carbonyl (C=O) groups excluding carboxylic acids is 3. The standard InChI is InChI=1S/C31H36O12/c1-14-20(42-23-11-19(33)26(35)15(2)41-23)7-8-22(40-14)43-31-21(34)12-29(3,38)13-30(31,39)10-9-17-25(31)28(37)16-5-4-6-18(32)24(16)27(17)36/h4-6,9-10,14-15,19-20,22-23,26,32-33,35,38-39H,7-8,11-13H2,1-3H3/t14-,15+,19+,20-,22-,23-,26+,29-,30-,31-/m0/s1. The lowest BCUT2D eigenvalue weighted by molar-refractivity contribution is -0.311. The van der Waals surface area contributed by atoms with E-state index in [0.717, 1.165) is 0 Å². The van der Waals surface area contributed by atoms with Gasteiger partial charge in [0.2, 0.25) is 0 Å². The Kier molecular flexibility index (Phi) is 7.30. The SMILES string of the molecule is C[C@@H]1O[C@@H](O[C@]23C(=O)C[C@](C)(O)C[C@@]2(O)C=CC2=C3C(=O)c3cccc(O)c3C2=O)CC[C@@H]1O[C@H]1C[C@@H](O)[C@H](O)[C@@H](C)O1. The average molecular weight is 601 g/mol. The van der Waals surface area contributed by atoms with Crippen LogP contribution in [0, 0.1) is 0 Å². The predicted octanol–water partition coefficient (Wildman–Crippen LogP) is 1.00. The molecule has 3 fully saturated rings. The lowest BCUT2D eigenvalue weighted by Gasteiger charge is -2.55. The highest BCUT2D eigenvalue weighted by molar-refractivity contribution is 6.31. The Morgan fingerprint density at radius 2 is 1.70 bits per heavy atom. The third-order valence-electron chi connectivity index (χ3n) is 9.21. The molecule has 0 aromatic heterocycles. The molecule has 0 amide bonds. The lowest BCUT2D eigenvalue weighted by Crippen LogP contribution is -2.71. The number of aliphatic hydroxyl groups is 4. The monoisotopic (exact) mass is 600 g/mol. The van der Waals surface area contributed by atoms with Gasteiger partial charge in [-0.3, -0.25) is 14.4 Å². The van der Waals surface area contributed by atoms with Crippen LogP contribution in [0.4, 0.5) is 0 Å². The normalized spacial score (nSPS) is 42.9. The number of phenolic OH excluding ortho intramolecular Hbond substituents is 1. The summed E-state index contributed by atoms with van der Waals surface area (Å²) in [5.41, 5.74) is -7.09. The molecule has 0 spiro atoms. The van der Waals surface area contributed by atoms with Gasteiger partial charge >= 0.3 is 0 Å². The van der Waals surface area contributed by atoms with Gasteiger partial charge in [-0.2, -0.15) is 0 Å². The zero-order chi connectivity index (χ0) is 31.1. The number of carbonyl (C=O) groups is 3. The predicted molar refractivity (Wildman–Crippen MR) is 146 cm³/mol. The van der Waals surface area contributed by atoms with Gasteiger partial charge in [0, 0.05) is 36.8 Å². The first-order valence-corrected chi connectivity index (χ1v) is 14.5. The fourth-order valence-corrected chi connectivity index (χ4v) is 7.14. The number of ketones is 3. The molecular weight excluding hydrogens is 564 g/mol. The second-order valence-corrected chi connectivity index (χ2v) is 12.6. The van der Waals surface area contributed by atoms with Crippen molar-refractivity contribution in [3.8, 4) is 5.75 Å². The quantitative estimate of drug-likeness (QED) is 0.330. The highest BCUT2D eigenvalue weighted by Gasteiger charge is 2.68. The van der Waals surface area contributed by atoms with Crippen LogP contribution in [0.2, 0.25) is 0 Å². The summed E-state index contributed by atoms with van der Waals surface area (Å²) in [5.74, 6) is -2.64. The molecule has 6 rings (SSSR count). The highest BCUT2D eigenvalue weighted by atomic mass is 16.7. The Bertz CT molecular complexity index is 1420. The fourth-order valence-electron chi connectivity index (χ4n) is 7.14. The number of Topliss-reactive ketones (excluding diaryl/α,β-unsaturated/α-hetero) is 3. The molecule has 0 radical (unpaired) electrons. The number of fused-ring (bicyclic) bond motifs is 3. The number of hydrogen-bond acceptors (Lipinski definition) is 12. The van der Waals surface area contributed by atoms with Gasteiger partial charge in [-0.1, -0.05) is 18.2 Å². The molecule has 1 aromatic carbocycles. The van der Waals surface area contributed by atoms with Crippen LogP contribution in [0.15, 0.2) is 41.5 Å². The summed E-state index contributed by atoms with van der Waals surface area (Å²) in [6, 6.07) is 4.05. The van der Waals surface area contributed by atoms with Crippen molar-refractivity contribution in [1.82, 2.24) is 0 Å². The van der Waals surface area contributed by atoms with Crippen molar-refractivity contribution >= 4 is 17.3 Å². The van der Waals surface area contributed by atoms with E-state index in [-0.39, 0.29) is 41.5 Å². The Balaban J connectivity index is 1.32. The minimum atomic E-state index is -2.38. The summed E-state index contributed by atoms with van der Waals surface area (Å²) in [4.78, 5) is 41.7. The topological polar surface area (TPSA) is 189 Å². The van der Waals surface area contributed by atoms with Gasteiger partial charge < -0.3 is 44.5 Å². The Labute approximate surface area is 247 Å². The van der Waals surface area contributed by atoms with Crippen LogP contribution in [0.3, 0.4) is 0 Å². The van der Waals surface area contributed by atoms with Crippen molar-refractivity contribution in [3.05, 3.63) is 52.6 Å². The molecule has 5 N–H and O–H groups in total. The lowest BCUT2D eigenvalue weighted by atomic mass is 9.57. The largest absolute Gasteiger partial charge is 0.507 e. The molecule has 10 atom stereocenters. The fraction of sp³-hybridized carbons (Fsp3) is 0.581. The van der Waals surface area contributed by atoms with E-state index in [9.17, 15) is 39.9 Å². The number of benzene rings is 1. The number of hydrogen-bond donors (Lipinski definition) is 5. The molecular formula is C31H36O12. The van der Waals surface area contributed by atoms with E-state index in [4.69, 9.17) is 18.9 Å². The van der Waals surface area contributed by atoms with Crippen molar-refractivity contribution in [3.63, 3.8) is 0 Å². The van der Waals surface area contributed by atoms with Gasteiger partial charge in [0.15, 0.2) is 35.5 Å². The average Bonchev–Trinajstić information content (AvgIpc) is 2.91. The van der Waals surface area contributed by atoms with E-state index in [1.807, 2.05) is 0 Å². The number of allylic oxidation sites excluding steroid dienone is 2. The first-order valence-electron chi connectivity index (χ1n) is 14.5. The highest BCUT2D eigenvalue weighted by Crippen LogP contribution is 2.54. The summed E-state index contributed by atoms with van der Waals surface area (Å²) in [6.07, 6.45) is -3.53. The first-order chi connectivity index (χ1) is 20.2. The molecule has 2 aliphatic heterocycles. The zero-order valence-electron chi connectivity index (χ0n) is 24.1.